The molecule has 0 radical (unpaired) electrons. The maximum atomic E-state index is 12.3. The number of hydrogen-bond donors (Lipinski definition) is 1. The highest BCUT2D eigenvalue weighted by Gasteiger charge is 2.13. The lowest BCUT2D eigenvalue weighted by molar-refractivity contribution is 0.0948. The molecular formula is C20H21BrN4O3S. The number of nitrogens with zero attached hydrogens (tertiary/aromatic N) is 3. The zero-order valence-electron chi connectivity index (χ0n) is 16.1. The van der Waals surface area contributed by atoms with Gasteiger partial charge in [0, 0.05) is 17.3 Å². The average Bonchev–Trinajstić information content (AvgIpc) is 3.09. The van der Waals surface area contributed by atoms with Crippen LogP contribution in [-0.4, -0.2) is 40.1 Å². The fourth-order valence-corrected chi connectivity index (χ4v) is 3.76. The number of methoxy groups -OCH3 is 1. The Hall–Kier alpha value is -2.52. The fourth-order valence-electron chi connectivity index (χ4n) is 2.55. The maximum absolute atomic E-state index is 12.3. The normalized spacial score (nSPS) is 10.6. The third kappa shape index (κ3) is 5.51. The number of nitrogens with one attached hydrogen (secondary N) is 1. The van der Waals surface area contributed by atoms with E-state index in [4.69, 9.17) is 9.47 Å². The predicted molar refractivity (Wildman–Crippen MR) is 116 cm³/mol. The molecule has 0 unspecified atom stereocenters. The van der Waals surface area contributed by atoms with Gasteiger partial charge in [-0.2, -0.15) is 0 Å². The van der Waals surface area contributed by atoms with E-state index in [1.54, 1.807) is 13.2 Å². The summed E-state index contributed by atoms with van der Waals surface area (Å²) in [5.41, 5.74) is 0.581. The van der Waals surface area contributed by atoms with E-state index in [2.05, 4.69) is 31.4 Å². The number of amides is 1. The smallest absolute Gasteiger partial charge is 0.252 e. The van der Waals surface area contributed by atoms with Crippen LogP contribution in [0.15, 0.2) is 58.2 Å². The van der Waals surface area contributed by atoms with Crippen LogP contribution in [0, 0.1) is 0 Å². The largest absolute Gasteiger partial charge is 0.493 e. The summed E-state index contributed by atoms with van der Waals surface area (Å²) in [5, 5.41) is 12.0. The van der Waals surface area contributed by atoms with Crippen LogP contribution in [0.2, 0.25) is 0 Å². The fraction of sp³-hybridized carbons (Fsp3) is 0.250. The summed E-state index contributed by atoms with van der Waals surface area (Å²) >= 11 is 4.92. The topological polar surface area (TPSA) is 78.3 Å². The second-order valence-corrected chi connectivity index (χ2v) is 7.88. The SMILES string of the molecule is COc1ccccc1OCCSc1nnc(CNC(=O)c2ccccc2Br)n1C. The first-order chi connectivity index (χ1) is 14.1. The molecule has 0 atom stereocenters. The van der Waals surface area contributed by atoms with Crippen molar-refractivity contribution in [2.75, 3.05) is 19.5 Å². The van der Waals surface area contributed by atoms with Gasteiger partial charge in [-0.3, -0.25) is 4.79 Å². The number of hydrogen-bond acceptors (Lipinski definition) is 6. The Labute approximate surface area is 181 Å². The average molecular weight is 477 g/mol. The summed E-state index contributed by atoms with van der Waals surface area (Å²) in [6.07, 6.45) is 0. The zero-order valence-corrected chi connectivity index (χ0v) is 18.5. The quantitative estimate of drug-likeness (QED) is 0.374. The van der Waals surface area contributed by atoms with Crippen LogP contribution in [-0.2, 0) is 13.6 Å². The van der Waals surface area contributed by atoms with E-state index in [-0.39, 0.29) is 5.91 Å². The summed E-state index contributed by atoms with van der Waals surface area (Å²) in [6, 6.07) is 14.8. The van der Waals surface area contributed by atoms with Gasteiger partial charge < -0.3 is 19.4 Å². The molecule has 0 saturated carbocycles. The van der Waals surface area contributed by atoms with Crippen molar-refractivity contribution >= 4 is 33.6 Å². The molecule has 0 aliphatic heterocycles. The van der Waals surface area contributed by atoms with Crippen molar-refractivity contribution in [2.45, 2.75) is 11.7 Å². The van der Waals surface area contributed by atoms with Gasteiger partial charge in [-0.25, -0.2) is 0 Å². The molecule has 29 heavy (non-hydrogen) atoms. The Kier molecular flexibility index (Phi) is 7.54. The number of aromatic nitrogens is 3. The molecule has 0 aliphatic rings. The number of carbonyl (C=O) groups is 1. The van der Waals surface area contributed by atoms with Gasteiger partial charge in [0.05, 0.1) is 25.8 Å². The third-order valence-electron chi connectivity index (χ3n) is 4.09. The lowest BCUT2D eigenvalue weighted by Crippen LogP contribution is -2.24. The number of carbonyl (C=O) groups excluding carboxylic acids is 1. The van der Waals surface area contributed by atoms with Crippen LogP contribution in [0.1, 0.15) is 16.2 Å². The highest BCUT2D eigenvalue weighted by atomic mass is 79.9. The van der Waals surface area contributed by atoms with Crippen LogP contribution >= 0.6 is 27.7 Å². The van der Waals surface area contributed by atoms with Crippen molar-refractivity contribution in [1.29, 1.82) is 0 Å². The van der Waals surface area contributed by atoms with Gasteiger partial charge in [0.15, 0.2) is 22.5 Å². The zero-order chi connectivity index (χ0) is 20.6. The standard InChI is InChI=1S/C20H21BrN4O3S/c1-25-18(13-22-19(26)14-7-3-4-8-15(14)21)23-24-20(25)29-12-11-28-17-10-6-5-9-16(17)27-2/h3-10H,11-13H2,1-2H3,(H,22,26). The van der Waals surface area contributed by atoms with Crippen LogP contribution in [0.5, 0.6) is 11.5 Å². The number of halogens is 1. The van der Waals surface area contributed by atoms with E-state index in [0.717, 1.165) is 9.63 Å². The minimum Gasteiger partial charge on any atom is -0.493 e. The molecule has 1 amide bonds. The minimum atomic E-state index is -0.167. The monoisotopic (exact) mass is 476 g/mol. The second-order valence-electron chi connectivity index (χ2n) is 5.97. The molecule has 0 spiro atoms. The molecule has 1 aromatic heterocycles. The molecule has 3 aromatic rings. The van der Waals surface area contributed by atoms with Gasteiger partial charge in [0.25, 0.3) is 5.91 Å². The van der Waals surface area contributed by atoms with Crippen LogP contribution in [0.3, 0.4) is 0 Å². The highest BCUT2D eigenvalue weighted by Crippen LogP contribution is 2.26. The number of ether oxygens (including phenoxy) is 2. The summed E-state index contributed by atoms with van der Waals surface area (Å²) < 4.78 is 13.7. The first kappa shape index (κ1) is 21.2. The van der Waals surface area contributed by atoms with Crippen molar-refractivity contribution in [3.63, 3.8) is 0 Å². The molecule has 3 rings (SSSR count). The Morgan fingerprint density at radius 3 is 2.62 bits per heavy atom. The third-order valence-corrected chi connectivity index (χ3v) is 5.77. The Balaban J connectivity index is 1.49. The van der Waals surface area contributed by atoms with Gasteiger partial charge in [0.1, 0.15) is 0 Å². The van der Waals surface area contributed by atoms with Gasteiger partial charge in [-0.15, -0.1) is 10.2 Å². The van der Waals surface area contributed by atoms with Crippen molar-refractivity contribution in [2.24, 2.45) is 7.05 Å². The number of benzene rings is 2. The van der Waals surface area contributed by atoms with Crippen LogP contribution in [0.25, 0.3) is 0 Å². The van der Waals surface area contributed by atoms with Gasteiger partial charge in [-0.1, -0.05) is 36.0 Å². The van der Waals surface area contributed by atoms with E-state index in [1.165, 1.54) is 11.8 Å². The summed E-state index contributed by atoms with van der Waals surface area (Å²) in [5.74, 6) is 2.63. The number of rotatable bonds is 9. The van der Waals surface area contributed by atoms with Crippen molar-refractivity contribution in [3.05, 3.63) is 64.4 Å². The van der Waals surface area contributed by atoms with E-state index in [0.29, 0.717) is 41.8 Å². The van der Waals surface area contributed by atoms with Crippen molar-refractivity contribution in [1.82, 2.24) is 20.1 Å². The summed E-state index contributed by atoms with van der Waals surface area (Å²) in [4.78, 5) is 12.3. The Bertz CT molecular complexity index is 980. The van der Waals surface area contributed by atoms with E-state index in [9.17, 15) is 4.79 Å². The molecule has 9 heteroatoms. The van der Waals surface area contributed by atoms with Crippen molar-refractivity contribution < 1.29 is 14.3 Å². The highest BCUT2D eigenvalue weighted by molar-refractivity contribution is 9.10. The lowest BCUT2D eigenvalue weighted by Gasteiger charge is -2.10. The maximum Gasteiger partial charge on any atom is 0.252 e. The molecule has 0 bridgehead atoms. The first-order valence-corrected chi connectivity index (χ1v) is 10.7. The van der Waals surface area contributed by atoms with Crippen LogP contribution in [0.4, 0.5) is 0 Å². The van der Waals surface area contributed by atoms with Crippen molar-refractivity contribution in [3.8, 4) is 11.5 Å². The lowest BCUT2D eigenvalue weighted by atomic mass is 10.2. The summed E-state index contributed by atoms with van der Waals surface area (Å²) in [7, 11) is 3.50. The first-order valence-electron chi connectivity index (χ1n) is 8.89. The van der Waals surface area contributed by atoms with Crippen LogP contribution < -0.4 is 14.8 Å². The Morgan fingerprint density at radius 1 is 1.14 bits per heavy atom. The predicted octanol–water partition coefficient (Wildman–Crippen LogP) is 3.69. The molecule has 0 aliphatic carbocycles. The number of thioether (sulfide) groups is 1. The molecule has 1 heterocycles. The molecule has 0 saturated heterocycles. The second kappa shape index (κ2) is 10.3. The minimum absolute atomic E-state index is 0.167. The molecule has 2 aromatic carbocycles. The van der Waals surface area contributed by atoms with Gasteiger partial charge in [-0.05, 0) is 40.2 Å². The van der Waals surface area contributed by atoms with E-state index >= 15 is 0 Å². The molecule has 152 valence electrons. The Morgan fingerprint density at radius 2 is 1.86 bits per heavy atom. The van der Waals surface area contributed by atoms with Gasteiger partial charge in [0.2, 0.25) is 0 Å². The molecule has 7 nitrogen and oxygen atoms in total. The van der Waals surface area contributed by atoms with E-state index < -0.39 is 0 Å². The molecule has 0 fully saturated rings. The van der Waals surface area contributed by atoms with Gasteiger partial charge >= 0.3 is 0 Å². The molecule has 1 N–H and O–H groups in total. The summed E-state index contributed by atoms with van der Waals surface area (Å²) in [6.45, 7) is 0.800. The number of para-hydroxylation sites is 2. The molecular weight excluding hydrogens is 456 g/mol. The van der Waals surface area contributed by atoms with E-state index in [1.807, 2.05) is 54.1 Å².